The highest BCUT2D eigenvalue weighted by Crippen LogP contribution is 2.57. The average molecular weight is 333 g/mol. The van der Waals surface area contributed by atoms with E-state index in [9.17, 15) is 9.59 Å². The maximum Gasteiger partial charge on any atom is 0.234 e. The fourth-order valence-electron chi connectivity index (χ4n) is 5.49. The standard InChI is InChI=1S/C22H23NO2/c24-21-19-16-11-12-17(18(16)15-9-5-2-6-10-15)20(19)22(25)23(21)13-14-7-3-1-4-8-14/h1,3-4,7-8,11-12,16-17,19-20H,2,5-6,9-10,13H2/t16-,17+,19-,20-/m0/s1. The summed E-state index contributed by atoms with van der Waals surface area (Å²) in [6.07, 6.45) is 10.6. The summed E-state index contributed by atoms with van der Waals surface area (Å²) in [7, 11) is 0. The summed E-state index contributed by atoms with van der Waals surface area (Å²) < 4.78 is 0. The first-order chi connectivity index (χ1) is 12.3. The number of carbonyl (C=O) groups is 2. The van der Waals surface area contributed by atoms with Crippen LogP contribution in [0.25, 0.3) is 0 Å². The van der Waals surface area contributed by atoms with Crippen LogP contribution in [-0.2, 0) is 16.1 Å². The monoisotopic (exact) mass is 333 g/mol. The number of allylic oxidation sites excluding steroid dienone is 4. The van der Waals surface area contributed by atoms with Gasteiger partial charge in [-0.2, -0.15) is 0 Å². The molecule has 1 heterocycles. The molecule has 1 aromatic rings. The molecule has 3 nitrogen and oxygen atoms in total. The molecule has 0 spiro atoms. The number of likely N-dealkylation sites (tertiary alicyclic amines) is 1. The van der Waals surface area contributed by atoms with Crippen molar-refractivity contribution in [3.63, 3.8) is 0 Å². The van der Waals surface area contributed by atoms with E-state index in [-0.39, 0.29) is 35.5 Å². The van der Waals surface area contributed by atoms with E-state index < -0.39 is 0 Å². The number of fused-ring (bicyclic) bond motifs is 5. The van der Waals surface area contributed by atoms with Gasteiger partial charge in [-0.25, -0.2) is 0 Å². The largest absolute Gasteiger partial charge is 0.278 e. The fourth-order valence-corrected chi connectivity index (χ4v) is 5.49. The highest BCUT2D eigenvalue weighted by molar-refractivity contribution is 6.07. The van der Waals surface area contributed by atoms with Crippen molar-refractivity contribution in [2.75, 3.05) is 0 Å². The van der Waals surface area contributed by atoms with Crippen molar-refractivity contribution in [3.8, 4) is 0 Å². The molecule has 1 saturated heterocycles. The Morgan fingerprint density at radius 2 is 1.44 bits per heavy atom. The SMILES string of the molecule is O=C1[C@@H]2[C@@H](C(=O)N1Cc1ccccc1)[C@H]1C=C[C@@H]2C1=C1CCCCC1. The second-order valence-electron chi connectivity index (χ2n) is 7.86. The first kappa shape index (κ1) is 15.1. The van der Waals surface area contributed by atoms with Crippen LogP contribution in [0.15, 0.2) is 53.6 Å². The summed E-state index contributed by atoms with van der Waals surface area (Å²) in [5, 5.41) is 0. The number of carbonyl (C=O) groups excluding carboxylic acids is 2. The zero-order valence-corrected chi connectivity index (χ0v) is 14.4. The average Bonchev–Trinajstić information content (AvgIpc) is 3.29. The van der Waals surface area contributed by atoms with Gasteiger partial charge < -0.3 is 0 Å². The van der Waals surface area contributed by atoms with Crippen LogP contribution < -0.4 is 0 Å². The predicted molar refractivity (Wildman–Crippen MR) is 95.2 cm³/mol. The lowest BCUT2D eigenvalue weighted by molar-refractivity contribution is -0.141. The molecule has 4 atom stereocenters. The van der Waals surface area contributed by atoms with Gasteiger partial charge in [0.2, 0.25) is 11.8 Å². The zero-order chi connectivity index (χ0) is 17.0. The number of imide groups is 1. The lowest BCUT2D eigenvalue weighted by Gasteiger charge is -2.23. The maximum atomic E-state index is 13.1. The number of hydrogen-bond donors (Lipinski definition) is 0. The third kappa shape index (κ3) is 2.18. The highest BCUT2D eigenvalue weighted by atomic mass is 16.2. The molecule has 0 aromatic heterocycles. The van der Waals surface area contributed by atoms with Crippen LogP contribution in [-0.4, -0.2) is 16.7 Å². The van der Waals surface area contributed by atoms with E-state index in [0.29, 0.717) is 6.54 Å². The smallest absolute Gasteiger partial charge is 0.234 e. The summed E-state index contributed by atoms with van der Waals surface area (Å²) in [5.41, 5.74) is 4.02. The molecular formula is C22H23NO2. The second-order valence-corrected chi connectivity index (χ2v) is 7.86. The minimum atomic E-state index is -0.143. The summed E-state index contributed by atoms with van der Waals surface area (Å²) >= 11 is 0. The Labute approximate surface area is 148 Å². The zero-order valence-electron chi connectivity index (χ0n) is 14.4. The van der Waals surface area contributed by atoms with Gasteiger partial charge in [0.15, 0.2) is 0 Å². The van der Waals surface area contributed by atoms with Gasteiger partial charge in [0.25, 0.3) is 0 Å². The molecule has 4 aliphatic rings. The van der Waals surface area contributed by atoms with Crippen LogP contribution in [0, 0.1) is 23.7 Å². The summed E-state index contributed by atoms with van der Waals surface area (Å²) in [4.78, 5) is 27.7. The van der Waals surface area contributed by atoms with Crippen molar-refractivity contribution in [1.82, 2.24) is 4.90 Å². The number of benzene rings is 1. The second kappa shape index (κ2) is 5.69. The summed E-state index contributed by atoms with van der Waals surface area (Å²) in [6, 6.07) is 9.84. The van der Waals surface area contributed by atoms with E-state index in [1.165, 1.54) is 42.6 Å². The third-order valence-electron chi connectivity index (χ3n) is 6.56. The van der Waals surface area contributed by atoms with Gasteiger partial charge in [0.1, 0.15) is 0 Å². The third-order valence-corrected chi connectivity index (χ3v) is 6.56. The maximum absolute atomic E-state index is 13.1. The molecule has 3 fully saturated rings. The Morgan fingerprint density at radius 1 is 0.840 bits per heavy atom. The quantitative estimate of drug-likeness (QED) is 0.609. The number of rotatable bonds is 2. The van der Waals surface area contributed by atoms with E-state index in [0.717, 1.165) is 5.56 Å². The first-order valence-electron chi connectivity index (χ1n) is 9.55. The van der Waals surface area contributed by atoms with Crippen molar-refractivity contribution in [1.29, 1.82) is 0 Å². The van der Waals surface area contributed by atoms with Crippen molar-refractivity contribution < 1.29 is 9.59 Å². The Hall–Kier alpha value is -2.16. The van der Waals surface area contributed by atoms with Gasteiger partial charge in [-0.05, 0) is 31.2 Å². The van der Waals surface area contributed by atoms with E-state index in [1.54, 1.807) is 5.57 Å². The molecule has 3 heteroatoms. The molecule has 3 aliphatic carbocycles. The molecule has 25 heavy (non-hydrogen) atoms. The lowest BCUT2D eigenvalue weighted by Crippen LogP contribution is -2.32. The van der Waals surface area contributed by atoms with Crippen molar-refractivity contribution >= 4 is 11.8 Å². The molecular weight excluding hydrogens is 310 g/mol. The molecule has 1 aromatic carbocycles. The van der Waals surface area contributed by atoms with Crippen molar-refractivity contribution in [2.24, 2.45) is 23.7 Å². The van der Waals surface area contributed by atoms with Gasteiger partial charge in [-0.15, -0.1) is 0 Å². The molecule has 0 radical (unpaired) electrons. The Morgan fingerprint density at radius 3 is 2.04 bits per heavy atom. The van der Waals surface area contributed by atoms with Gasteiger partial charge in [-0.1, -0.05) is 60.1 Å². The van der Waals surface area contributed by atoms with E-state index in [1.807, 2.05) is 30.3 Å². The van der Waals surface area contributed by atoms with Crippen molar-refractivity contribution in [3.05, 3.63) is 59.2 Å². The Bertz CT molecular complexity index is 750. The van der Waals surface area contributed by atoms with Crippen LogP contribution in [0.5, 0.6) is 0 Å². The molecule has 128 valence electrons. The summed E-state index contributed by atoms with van der Waals surface area (Å²) in [6.45, 7) is 0.414. The fraction of sp³-hybridized carbons (Fsp3) is 0.455. The summed E-state index contributed by atoms with van der Waals surface area (Å²) in [5.74, 6) is 0.168. The van der Waals surface area contributed by atoms with E-state index >= 15 is 0 Å². The number of amides is 2. The highest BCUT2D eigenvalue weighted by Gasteiger charge is 2.61. The lowest BCUT2D eigenvalue weighted by atomic mass is 9.85. The minimum Gasteiger partial charge on any atom is -0.278 e. The molecule has 0 unspecified atom stereocenters. The Balaban J connectivity index is 1.45. The van der Waals surface area contributed by atoms with Crippen LogP contribution in [0.4, 0.5) is 0 Å². The van der Waals surface area contributed by atoms with Crippen LogP contribution >= 0.6 is 0 Å². The van der Waals surface area contributed by atoms with Gasteiger partial charge in [0.05, 0.1) is 18.4 Å². The molecule has 0 N–H and O–H groups in total. The Kier molecular flexibility index (Phi) is 3.44. The normalized spacial score (nSPS) is 33.5. The van der Waals surface area contributed by atoms with Crippen LogP contribution in [0.3, 0.4) is 0 Å². The molecule has 2 amide bonds. The van der Waals surface area contributed by atoms with Crippen LogP contribution in [0.2, 0.25) is 0 Å². The topological polar surface area (TPSA) is 37.4 Å². The minimum absolute atomic E-state index is 0.0459. The van der Waals surface area contributed by atoms with Gasteiger partial charge in [-0.3, -0.25) is 14.5 Å². The van der Waals surface area contributed by atoms with E-state index in [2.05, 4.69) is 12.2 Å². The van der Waals surface area contributed by atoms with Crippen LogP contribution in [0.1, 0.15) is 37.7 Å². The molecule has 5 rings (SSSR count). The molecule has 2 bridgehead atoms. The predicted octanol–water partition coefficient (Wildman–Crippen LogP) is 3.86. The number of nitrogens with zero attached hydrogens (tertiary/aromatic N) is 1. The van der Waals surface area contributed by atoms with Crippen molar-refractivity contribution in [2.45, 2.75) is 38.6 Å². The molecule has 2 saturated carbocycles. The first-order valence-corrected chi connectivity index (χ1v) is 9.55. The molecule has 1 aliphatic heterocycles. The van der Waals surface area contributed by atoms with Gasteiger partial charge in [0, 0.05) is 11.8 Å². The van der Waals surface area contributed by atoms with E-state index in [4.69, 9.17) is 0 Å². The number of hydrogen-bond acceptors (Lipinski definition) is 2. The van der Waals surface area contributed by atoms with Gasteiger partial charge >= 0.3 is 0 Å².